The Morgan fingerprint density at radius 2 is 1.87 bits per heavy atom. The Kier molecular flexibility index (Phi) is 9.69. The SMILES string of the molecule is COC(=O)[C@H](CCSC)NC(=O)c1ccc(C=C(Cn2ccnc2)c2ccc(F)cc2)cc1-c1ccccc1. The molecule has 0 saturated heterocycles. The first-order chi connectivity index (χ1) is 19.0. The lowest BCUT2D eigenvalue weighted by Gasteiger charge is -2.18. The van der Waals surface area contributed by atoms with Crippen LogP contribution in [0.3, 0.4) is 0 Å². The van der Waals surface area contributed by atoms with Gasteiger partial charge in [0.2, 0.25) is 0 Å². The van der Waals surface area contributed by atoms with Crippen LogP contribution in [0.4, 0.5) is 4.39 Å². The minimum Gasteiger partial charge on any atom is -0.467 e. The van der Waals surface area contributed by atoms with Crippen LogP contribution in [0, 0.1) is 5.82 Å². The molecule has 0 spiro atoms. The largest absolute Gasteiger partial charge is 0.467 e. The van der Waals surface area contributed by atoms with Crippen LogP contribution in [0.5, 0.6) is 0 Å². The summed E-state index contributed by atoms with van der Waals surface area (Å²) in [5.41, 5.74) is 4.76. The van der Waals surface area contributed by atoms with Crippen LogP contribution in [0.15, 0.2) is 91.5 Å². The van der Waals surface area contributed by atoms with Crippen LogP contribution in [0.25, 0.3) is 22.8 Å². The average molecular weight is 544 g/mol. The number of carbonyl (C=O) groups is 2. The maximum atomic E-state index is 13.6. The van der Waals surface area contributed by atoms with Gasteiger partial charge < -0.3 is 14.6 Å². The Balaban J connectivity index is 1.74. The molecule has 1 N–H and O–H groups in total. The van der Waals surface area contributed by atoms with Crippen LogP contribution >= 0.6 is 11.8 Å². The molecule has 0 aliphatic rings. The fourth-order valence-electron chi connectivity index (χ4n) is 4.23. The third-order valence-corrected chi connectivity index (χ3v) is 6.89. The lowest BCUT2D eigenvalue weighted by Crippen LogP contribution is -2.42. The Morgan fingerprint density at radius 3 is 2.54 bits per heavy atom. The van der Waals surface area contributed by atoms with E-state index in [1.165, 1.54) is 19.2 Å². The molecule has 3 aromatic carbocycles. The van der Waals surface area contributed by atoms with Gasteiger partial charge in [0.25, 0.3) is 5.91 Å². The minimum atomic E-state index is -0.738. The molecule has 0 unspecified atom stereocenters. The van der Waals surface area contributed by atoms with E-state index in [4.69, 9.17) is 4.74 Å². The number of aromatic nitrogens is 2. The first kappa shape index (κ1) is 27.9. The molecule has 1 amide bonds. The first-order valence-electron chi connectivity index (χ1n) is 12.5. The monoisotopic (exact) mass is 543 g/mol. The summed E-state index contributed by atoms with van der Waals surface area (Å²) in [4.78, 5) is 29.9. The topological polar surface area (TPSA) is 73.2 Å². The summed E-state index contributed by atoms with van der Waals surface area (Å²) < 4.78 is 20.5. The van der Waals surface area contributed by atoms with Crippen molar-refractivity contribution in [3.05, 3.63) is 114 Å². The summed E-state index contributed by atoms with van der Waals surface area (Å²) in [6.07, 6.45) is 9.75. The molecule has 4 aromatic rings. The van der Waals surface area contributed by atoms with Crippen LogP contribution in [-0.2, 0) is 16.1 Å². The number of carbonyl (C=O) groups excluding carboxylic acids is 2. The number of allylic oxidation sites excluding steroid dienone is 1. The maximum Gasteiger partial charge on any atom is 0.328 e. The number of methoxy groups -OCH3 is 1. The van der Waals surface area contributed by atoms with Crippen molar-refractivity contribution in [2.24, 2.45) is 0 Å². The van der Waals surface area contributed by atoms with Gasteiger partial charge in [0.05, 0.1) is 13.4 Å². The van der Waals surface area contributed by atoms with Crippen molar-refractivity contribution in [3.8, 4) is 11.1 Å². The third-order valence-electron chi connectivity index (χ3n) is 6.24. The summed E-state index contributed by atoms with van der Waals surface area (Å²) in [6, 6.07) is 20.9. The molecular formula is C31H30FN3O3S. The molecule has 1 heterocycles. The van der Waals surface area contributed by atoms with Crippen LogP contribution in [0.2, 0.25) is 0 Å². The van der Waals surface area contributed by atoms with Crippen molar-refractivity contribution in [2.75, 3.05) is 19.1 Å². The second-order valence-electron chi connectivity index (χ2n) is 8.91. The summed E-state index contributed by atoms with van der Waals surface area (Å²) in [5.74, 6) is -0.414. The lowest BCUT2D eigenvalue weighted by molar-refractivity contribution is -0.142. The number of hydrogen-bond acceptors (Lipinski definition) is 5. The molecule has 1 aromatic heterocycles. The number of rotatable bonds is 11. The van der Waals surface area contributed by atoms with Crippen LogP contribution in [0.1, 0.15) is 27.9 Å². The molecule has 0 bridgehead atoms. The summed E-state index contributed by atoms with van der Waals surface area (Å²) in [7, 11) is 1.32. The Hall–Kier alpha value is -4.17. The normalized spacial score (nSPS) is 12.1. The van der Waals surface area contributed by atoms with Gasteiger partial charge in [-0.15, -0.1) is 0 Å². The van der Waals surface area contributed by atoms with Gasteiger partial charge in [-0.1, -0.05) is 48.5 Å². The number of benzene rings is 3. The Morgan fingerprint density at radius 1 is 1.10 bits per heavy atom. The number of amides is 1. The molecule has 0 saturated carbocycles. The van der Waals surface area contributed by atoms with E-state index in [1.54, 1.807) is 42.5 Å². The molecule has 4 rings (SSSR count). The maximum absolute atomic E-state index is 13.6. The van der Waals surface area contributed by atoms with Gasteiger partial charge in [-0.05, 0) is 76.6 Å². The van der Waals surface area contributed by atoms with Crippen molar-refractivity contribution >= 4 is 35.3 Å². The van der Waals surface area contributed by atoms with Gasteiger partial charge in [0, 0.05) is 24.5 Å². The minimum absolute atomic E-state index is 0.301. The average Bonchev–Trinajstić information content (AvgIpc) is 3.48. The molecule has 0 aliphatic heterocycles. The Bertz CT molecular complexity index is 1420. The number of imidazole rings is 1. The zero-order chi connectivity index (χ0) is 27.6. The van der Waals surface area contributed by atoms with E-state index in [1.807, 2.05) is 65.6 Å². The molecule has 0 aliphatic carbocycles. The summed E-state index contributed by atoms with van der Waals surface area (Å²) in [5, 5.41) is 2.86. The molecule has 200 valence electrons. The third kappa shape index (κ3) is 7.45. The van der Waals surface area contributed by atoms with E-state index in [2.05, 4.69) is 10.3 Å². The van der Waals surface area contributed by atoms with E-state index in [0.29, 0.717) is 24.3 Å². The predicted octanol–water partition coefficient (Wildman–Crippen LogP) is 5.95. The smallest absolute Gasteiger partial charge is 0.328 e. The highest BCUT2D eigenvalue weighted by atomic mass is 32.2. The highest BCUT2D eigenvalue weighted by Crippen LogP contribution is 2.28. The van der Waals surface area contributed by atoms with Gasteiger partial charge in [-0.2, -0.15) is 11.8 Å². The highest BCUT2D eigenvalue weighted by Gasteiger charge is 2.23. The molecule has 0 fully saturated rings. The van der Waals surface area contributed by atoms with Crippen molar-refractivity contribution in [1.29, 1.82) is 0 Å². The van der Waals surface area contributed by atoms with E-state index >= 15 is 0 Å². The second-order valence-corrected chi connectivity index (χ2v) is 9.90. The van der Waals surface area contributed by atoms with Crippen molar-refractivity contribution in [1.82, 2.24) is 14.9 Å². The number of esters is 1. The summed E-state index contributed by atoms with van der Waals surface area (Å²) >= 11 is 1.60. The van der Waals surface area contributed by atoms with Gasteiger partial charge in [-0.3, -0.25) is 4.79 Å². The van der Waals surface area contributed by atoms with Crippen LogP contribution in [-0.4, -0.2) is 46.6 Å². The number of halogens is 1. The quantitative estimate of drug-likeness (QED) is 0.187. The van der Waals surface area contributed by atoms with E-state index in [-0.39, 0.29) is 11.7 Å². The highest BCUT2D eigenvalue weighted by molar-refractivity contribution is 7.98. The standard InChI is InChI=1S/C31H30FN3O3S/c1-38-31(37)29(14-17-39-2)34-30(36)27-13-8-22(19-28(27)24-6-4-3-5-7-24)18-25(20-35-16-15-33-21-35)23-9-11-26(32)12-10-23/h3-13,15-16,18-19,21,29H,14,17,20H2,1-2H3,(H,34,36)/t29-/m0/s1. The van der Waals surface area contributed by atoms with Crippen molar-refractivity contribution in [3.63, 3.8) is 0 Å². The Labute approximate surface area is 231 Å². The van der Waals surface area contributed by atoms with E-state index < -0.39 is 12.0 Å². The lowest BCUT2D eigenvalue weighted by atomic mass is 9.94. The number of nitrogens with zero attached hydrogens (tertiary/aromatic N) is 2. The molecular weight excluding hydrogens is 513 g/mol. The van der Waals surface area contributed by atoms with E-state index in [9.17, 15) is 14.0 Å². The summed E-state index contributed by atoms with van der Waals surface area (Å²) in [6.45, 7) is 0.533. The van der Waals surface area contributed by atoms with Gasteiger partial charge >= 0.3 is 5.97 Å². The molecule has 1 atom stereocenters. The van der Waals surface area contributed by atoms with Crippen molar-refractivity contribution < 1.29 is 18.7 Å². The number of thioether (sulfide) groups is 1. The number of nitrogens with one attached hydrogen (secondary N) is 1. The van der Waals surface area contributed by atoms with Gasteiger partial charge in [0.1, 0.15) is 11.9 Å². The molecule has 6 nitrogen and oxygen atoms in total. The van der Waals surface area contributed by atoms with Crippen molar-refractivity contribution in [2.45, 2.75) is 19.0 Å². The zero-order valence-corrected chi connectivity index (χ0v) is 22.7. The van der Waals surface area contributed by atoms with E-state index in [0.717, 1.165) is 27.8 Å². The molecule has 8 heteroatoms. The molecule has 0 radical (unpaired) electrons. The second kappa shape index (κ2) is 13.6. The molecule has 39 heavy (non-hydrogen) atoms. The predicted molar refractivity (Wildman–Crippen MR) is 155 cm³/mol. The van der Waals surface area contributed by atoms with Gasteiger partial charge in [-0.25, -0.2) is 14.2 Å². The fraction of sp³-hybridized carbons (Fsp3) is 0.194. The van der Waals surface area contributed by atoms with Gasteiger partial charge in [0.15, 0.2) is 0 Å². The zero-order valence-electron chi connectivity index (χ0n) is 21.8. The number of hydrogen-bond donors (Lipinski definition) is 1. The number of ether oxygens (including phenoxy) is 1. The first-order valence-corrected chi connectivity index (χ1v) is 13.9. The van der Waals surface area contributed by atoms with Crippen LogP contribution < -0.4 is 5.32 Å². The fourth-order valence-corrected chi connectivity index (χ4v) is 4.70.